The summed E-state index contributed by atoms with van der Waals surface area (Å²) in [7, 11) is 0. The average Bonchev–Trinajstić information content (AvgIpc) is 3.02. The highest BCUT2D eigenvalue weighted by molar-refractivity contribution is 5.68. The first-order chi connectivity index (χ1) is 10.2. The van der Waals surface area contributed by atoms with Crippen LogP contribution in [0.15, 0.2) is 65.4 Å². The summed E-state index contributed by atoms with van der Waals surface area (Å²) >= 11 is 0. The van der Waals surface area contributed by atoms with Crippen molar-refractivity contribution in [2.45, 2.75) is 0 Å². The minimum absolute atomic E-state index is 0.0853. The summed E-state index contributed by atoms with van der Waals surface area (Å²) in [5, 5.41) is 11.1. The molecule has 1 heterocycles. The number of ether oxygens (including phenoxy) is 1. The van der Waals surface area contributed by atoms with Crippen LogP contribution in [0.2, 0.25) is 0 Å². The lowest BCUT2D eigenvalue weighted by Crippen LogP contribution is -1.93. The van der Waals surface area contributed by atoms with Gasteiger partial charge in [0, 0.05) is 12.1 Å². The van der Waals surface area contributed by atoms with E-state index in [2.05, 4.69) is 4.98 Å². The van der Waals surface area contributed by atoms with Gasteiger partial charge in [0.1, 0.15) is 23.3 Å². The molecule has 1 aromatic heterocycles. The third-order valence-corrected chi connectivity index (χ3v) is 2.81. The summed E-state index contributed by atoms with van der Waals surface area (Å²) in [6.07, 6.45) is 2.80. The lowest BCUT2D eigenvalue weighted by atomic mass is 10.1. The molecule has 3 aromatic rings. The van der Waals surface area contributed by atoms with Gasteiger partial charge in [0.25, 0.3) is 5.69 Å². The molecule has 0 bridgehead atoms. The van der Waals surface area contributed by atoms with Crippen molar-refractivity contribution in [3.05, 3.63) is 71.1 Å². The number of para-hydroxylation sites is 1. The monoisotopic (exact) mass is 282 g/mol. The number of nitrogens with zero attached hydrogens (tertiary/aromatic N) is 2. The first-order valence-electron chi connectivity index (χ1n) is 6.15. The van der Waals surface area contributed by atoms with Crippen LogP contribution < -0.4 is 4.74 Å². The van der Waals surface area contributed by atoms with E-state index in [-0.39, 0.29) is 17.1 Å². The molecule has 2 aromatic carbocycles. The van der Waals surface area contributed by atoms with E-state index in [1.54, 1.807) is 12.1 Å². The number of hydrogen-bond acceptors (Lipinski definition) is 5. The summed E-state index contributed by atoms with van der Waals surface area (Å²) < 4.78 is 10.8. The van der Waals surface area contributed by atoms with Crippen LogP contribution >= 0.6 is 0 Å². The first kappa shape index (κ1) is 12.9. The molecule has 0 aliphatic heterocycles. The van der Waals surface area contributed by atoms with E-state index < -0.39 is 4.92 Å². The average molecular weight is 282 g/mol. The van der Waals surface area contributed by atoms with Gasteiger partial charge < -0.3 is 9.15 Å². The van der Waals surface area contributed by atoms with E-state index in [1.807, 2.05) is 18.2 Å². The minimum atomic E-state index is -0.480. The quantitative estimate of drug-likeness (QED) is 0.533. The molecule has 0 spiro atoms. The molecule has 0 amide bonds. The molecule has 6 nitrogen and oxygen atoms in total. The molecule has 0 atom stereocenters. The first-order valence-corrected chi connectivity index (χ1v) is 6.15. The maximum absolute atomic E-state index is 11.1. The van der Waals surface area contributed by atoms with Gasteiger partial charge in [0.05, 0.1) is 11.1 Å². The second-order valence-electron chi connectivity index (χ2n) is 4.19. The second-order valence-corrected chi connectivity index (χ2v) is 4.19. The molecule has 0 saturated heterocycles. The Morgan fingerprint density at radius 1 is 1.10 bits per heavy atom. The van der Waals surface area contributed by atoms with Crippen molar-refractivity contribution in [1.82, 2.24) is 4.98 Å². The summed E-state index contributed by atoms with van der Waals surface area (Å²) in [5.74, 6) is 1.30. The van der Waals surface area contributed by atoms with Crippen molar-refractivity contribution >= 4 is 5.69 Å². The summed E-state index contributed by atoms with van der Waals surface area (Å²) in [4.78, 5) is 14.6. The zero-order valence-electron chi connectivity index (χ0n) is 10.8. The molecule has 0 radical (unpaired) electrons. The molecular formula is C15H10N2O4. The normalized spacial score (nSPS) is 10.3. The lowest BCUT2D eigenvalue weighted by molar-refractivity contribution is -0.384. The maximum atomic E-state index is 11.1. The Morgan fingerprint density at radius 3 is 2.57 bits per heavy atom. The third-order valence-electron chi connectivity index (χ3n) is 2.81. The standard InChI is InChI=1S/C15H10N2O4/c18-17(19)14-7-6-12(21-11-4-2-1-3-5-11)10-13(14)15-16-8-9-20-15/h1-10H. The van der Waals surface area contributed by atoms with Gasteiger partial charge in [-0.15, -0.1) is 0 Å². The number of nitro benzene ring substituents is 1. The molecular weight excluding hydrogens is 272 g/mol. The molecule has 21 heavy (non-hydrogen) atoms. The van der Waals surface area contributed by atoms with Crippen molar-refractivity contribution < 1.29 is 14.1 Å². The van der Waals surface area contributed by atoms with E-state index in [4.69, 9.17) is 9.15 Å². The Hall–Kier alpha value is -3.15. The van der Waals surface area contributed by atoms with Crippen LogP contribution in [0.3, 0.4) is 0 Å². The zero-order chi connectivity index (χ0) is 14.7. The Morgan fingerprint density at radius 2 is 1.90 bits per heavy atom. The molecule has 3 rings (SSSR count). The van der Waals surface area contributed by atoms with Gasteiger partial charge in [0.15, 0.2) is 0 Å². The van der Waals surface area contributed by atoms with Crippen LogP contribution in [0, 0.1) is 10.1 Å². The van der Waals surface area contributed by atoms with Crippen molar-refractivity contribution in [2.24, 2.45) is 0 Å². The zero-order valence-corrected chi connectivity index (χ0v) is 10.8. The van der Waals surface area contributed by atoms with Gasteiger partial charge in [-0.05, 0) is 18.2 Å². The fourth-order valence-corrected chi connectivity index (χ4v) is 1.89. The molecule has 6 heteroatoms. The fraction of sp³-hybridized carbons (Fsp3) is 0. The highest BCUT2D eigenvalue weighted by atomic mass is 16.6. The van der Waals surface area contributed by atoms with E-state index in [0.717, 1.165) is 0 Å². The van der Waals surface area contributed by atoms with Crippen LogP contribution in [-0.4, -0.2) is 9.91 Å². The minimum Gasteiger partial charge on any atom is -0.457 e. The molecule has 0 saturated carbocycles. The van der Waals surface area contributed by atoms with E-state index in [1.165, 1.54) is 30.7 Å². The van der Waals surface area contributed by atoms with E-state index >= 15 is 0 Å². The molecule has 0 N–H and O–H groups in total. The Balaban J connectivity index is 2.01. The van der Waals surface area contributed by atoms with Crippen LogP contribution in [0.4, 0.5) is 5.69 Å². The van der Waals surface area contributed by atoms with Crippen LogP contribution in [-0.2, 0) is 0 Å². The summed E-state index contributed by atoms with van der Waals surface area (Å²) in [5.41, 5.74) is 0.191. The Bertz CT molecular complexity index is 755. The lowest BCUT2D eigenvalue weighted by Gasteiger charge is -2.06. The topological polar surface area (TPSA) is 78.4 Å². The summed E-state index contributed by atoms with van der Waals surface area (Å²) in [6, 6.07) is 13.6. The fourth-order valence-electron chi connectivity index (χ4n) is 1.89. The number of aromatic nitrogens is 1. The van der Waals surface area contributed by atoms with Gasteiger partial charge in [0.2, 0.25) is 5.89 Å². The highest BCUT2D eigenvalue weighted by Gasteiger charge is 2.19. The molecule has 104 valence electrons. The Labute approximate surface area is 119 Å². The van der Waals surface area contributed by atoms with Gasteiger partial charge in [-0.25, -0.2) is 4.98 Å². The predicted octanol–water partition coefficient (Wildman–Crippen LogP) is 4.04. The number of hydrogen-bond donors (Lipinski definition) is 0. The predicted molar refractivity (Wildman–Crippen MR) is 75.1 cm³/mol. The van der Waals surface area contributed by atoms with E-state index in [9.17, 15) is 10.1 Å². The van der Waals surface area contributed by atoms with Gasteiger partial charge in [-0.3, -0.25) is 10.1 Å². The van der Waals surface area contributed by atoms with Crippen molar-refractivity contribution in [3.8, 4) is 23.0 Å². The largest absolute Gasteiger partial charge is 0.457 e. The van der Waals surface area contributed by atoms with Gasteiger partial charge in [-0.2, -0.15) is 0 Å². The Kier molecular flexibility index (Phi) is 3.34. The molecule has 0 unspecified atom stereocenters. The number of rotatable bonds is 4. The van der Waals surface area contributed by atoms with Crippen molar-refractivity contribution in [3.63, 3.8) is 0 Å². The van der Waals surface area contributed by atoms with Crippen molar-refractivity contribution in [1.29, 1.82) is 0 Å². The smallest absolute Gasteiger partial charge is 0.282 e. The van der Waals surface area contributed by atoms with Gasteiger partial charge in [-0.1, -0.05) is 18.2 Å². The number of benzene rings is 2. The molecule has 0 aliphatic rings. The highest BCUT2D eigenvalue weighted by Crippen LogP contribution is 2.33. The van der Waals surface area contributed by atoms with Crippen LogP contribution in [0.1, 0.15) is 0 Å². The molecule has 0 aliphatic carbocycles. The van der Waals surface area contributed by atoms with Crippen LogP contribution in [0.5, 0.6) is 11.5 Å². The third kappa shape index (κ3) is 2.74. The van der Waals surface area contributed by atoms with E-state index in [0.29, 0.717) is 11.5 Å². The molecule has 0 fully saturated rings. The SMILES string of the molecule is O=[N+]([O-])c1ccc(Oc2ccccc2)cc1-c1ncco1. The van der Waals surface area contributed by atoms with Crippen LogP contribution in [0.25, 0.3) is 11.5 Å². The van der Waals surface area contributed by atoms with Gasteiger partial charge >= 0.3 is 0 Å². The maximum Gasteiger partial charge on any atom is 0.282 e. The summed E-state index contributed by atoms with van der Waals surface area (Å²) in [6.45, 7) is 0. The number of nitro groups is 1. The second kappa shape index (κ2) is 5.46. The number of oxazole rings is 1. The van der Waals surface area contributed by atoms with Crippen molar-refractivity contribution in [2.75, 3.05) is 0 Å².